The lowest BCUT2D eigenvalue weighted by molar-refractivity contribution is 0.929. The molecule has 110 valence electrons. The van der Waals surface area contributed by atoms with Crippen molar-refractivity contribution >= 4 is 17.5 Å². The van der Waals surface area contributed by atoms with Crippen LogP contribution >= 0.6 is 0 Å². The predicted molar refractivity (Wildman–Crippen MR) is 87.4 cm³/mol. The molecule has 1 N–H and O–H groups in total. The van der Waals surface area contributed by atoms with Crippen LogP contribution in [0.2, 0.25) is 0 Å². The van der Waals surface area contributed by atoms with Gasteiger partial charge in [-0.3, -0.25) is 0 Å². The molecule has 4 heteroatoms. The fourth-order valence-corrected chi connectivity index (χ4v) is 3.02. The SMILES string of the molecule is Cc1cc(C)c(Nc2nccc(N3CCCC3)n2)c(C)c1. The molecule has 1 aromatic carbocycles. The number of anilines is 3. The van der Waals surface area contributed by atoms with E-state index in [4.69, 9.17) is 0 Å². The smallest absolute Gasteiger partial charge is 0.229 e. The van der Waals surface area contributed by atoms with Crippen LogP contribution in [0.3, 0.4) is 0 Å². The molecule has 0 saturated carbocycles. The highest BCUT2D eigenvalue weighted by Gasteiger charge is 2.14. The Morgan fingerprint density at radius 3 is 2.38 bits per heavy atom. The maximum Gasteiger partial charge on any atom is 0.229 e. The average molecular weight is 282 g/mol. The summed E-state index contributed by atoms with van der Waals surface area (Å²) in [6, 6.07) is 6.35. The molecule has 1 aromatic heterocycles. The minimum absolute atomic E-state index is 0.675. The highest BCUT2D eigenvalue weighted by Crippen LogP contribution is 2.25. The first-order chi connectivity index (χ1) is 10.1. The van der Waals surface area contributed by atoms with Gasteiger partial charge < -0.3 is 10.2 Å². The van der Waals surface area contributed by atoms with Gasteiger partial charge in [-0.15, -0.1) is 0 Å². The minimum atomic E-state index is 0.675. The molecule has 0 atom stereocenters. The molecular formula is C17H22N4. The Morgan fingerprint density at radius 2 is 1.71 bits per heavy atom. The molecule has 1 aliphatic heterocycles. The fraction of sp³-hybridized carbons (Fsp3) is 0.412. The Labute approximate surface area is 126 Å². The molecule has 21 heavy (non-hydrogen) atoms. The van der Waals surface area contributed by atoms with Gasteiger partial charge in [-0.05, 0) is 50.8 Å². The number of nitrogens with zero attached hydrogens (tertiary/aromatic N) is 3. The van der Waals surface area contributed by atoms with E-state index in [1.165, 1.54) is 29.5 Å². The van der Waals surface area contributed by atoms with E-state index in [1.807, 2.05) is 12.3 Å². The molecule has 2 aromatic rings. The topological polar surface area (TPSA) is 41.1 Å². The van der Waals surface area contributed by atoms with Crippen LogP contribution in [-0.4, -0.2) is 23.1 Å². The molecule has 2 heterocycles. The summed E-state index contributed by atoms with van der Waals surface area (Å²) in [4.78, 5) is 11.3. The molecule has 0 radical (unpaired) electrons. The van der Waals surface area contributed by atoms with E-state index < -0.39 is 0 Å². The molecule has 0 amide bonds. The van der Waals surface area contributed by atoms with Crippen molar-refractivity contribution in [2.75, 3.05) is 23.3 Å². The summed E-state index contributed by atoms with van der Waals surface area (Å²) in [6.45, 7) is 8.55. The van der Waals surface area contributed by atoms with Crippen molar-refractivity contribution in [1.29, 1.82) is 0 Å². The fourth-order valence-electron chi connectivity index (χ4n) is 3.02. The zero-order chi connectivity index (χ0) is 14.8. The zero-order valence-corrected chi connectivity index (χ0v) is 13.0. The second-order valence-electron chi connectivity index (χ2n) is 5.83. The molecule has 0 spiro atoms. The number of rotatable bonds is 3. The van der Waals surface area contributed by atoms with Gasteiger partial charge in [-0.25, -0.2) is 4.98 Å². The highest BCUT2D eigenvalue weighted by molar-refractivity contribution is 5.64. The van der Waals surface area contributed by atoms with Gasteiger partial charge >= 0.3 is 0 Å². The first-order valence-corrected chi connectivity index (χ1v) is 7.56. The third-order valence-electron chi connectivity index (χ3n) is 3.98. The molecule has 1 saturated heterocycles. The van der Waals surface area contributed by atoms with Crippen LogP contribution in [0.1, 0.15) is 29.5 Å². The predicted octanol–water partition coefficient (Wildman–Crippen LogP) is 3.75. The van der Waals surface area contributed by atoms with E-state index in [2.05, 4.69) is 53.1 Å². The molecule has 0 aliphatic carbocycles. The van der Waals surface area contributed by atoms with Crippen molar-refractivity contribution in [2.45, 2.75) is 33.6 Å². The van der Waals surface area contributed by atoms with E-state index in [-0.39, 0.29) is 0 Å². The van der Waals surface area contributed by atoms with Gasteiger partial charge in [-0.1, -0.05) is 17.7 Å². The lowest BCUT2D eigenvalue weighted by Gasteiger charge is -2.17. The summed E-state index contributed by atoms with van der Waals surface area (Å²) >= 11 is 0. The monoisotopic (exact) mass is 282 g/mol. The number of hydrogen-bond acceptors (Lipinski definition) is 4. The Morgan fingerprint density at radius 1 is 1.05 bits per heavy atom. The maximum absolute atomic E-state index is 4.66. The van der Waals surface area contributed by atoms with Crippen molar-refractivity contribution < 1.29 is 0 Å². The molecule has 0 unspecified atom stereocenters. The maximum atomic E-state index is 4.66. The Kier molecular flexibility index (Phi) is 3.78. The van der Waals surface area contributed by atoms with Crippen LogP contribution in [0.4, 0.5) is 17.5 Å². The van der Waals surface area contributed by atoms with Crippen LogP contribution in [0.5, 0.6) is 0 Å². The normalized spacial score (nSPS) is 14.5. The van der Waals surface area contributed by atoms with Crippen LogP contribution in [0.15, 0.2) is 24.4 Å². The molecule has 1 aliphatic rings. The minimum Gasteiger partial charge on any atom is -0.356 e. The molecule has 3 rings (SSSR count). The van der Waals surface area contributed by atoms with E-state index in [1.54, 1.807) is 0 Å². The lowest BCUT2D eigenvalue weighted by Crippen LogP contribution is -2.19. The van der Waals surface area contributed by atoms with Gasteiger partial charge in [0.1, 0.15) is 5.82 Å². The van der Waals surface area contributed by atoms with Gasteiger partial charge in [0, 0.05) is 25.0 Å². The van der Waals surface area contributed by atoms with Gasteiger partial charge in [-0.2, -0.15) is 4.98 Å². The first-order valence-electron chi connectivity index (χ1n) is 7.56. The number of aryl methyl sites for hydroxylation is 3. The molecular weight excluding hydrogens is 260 g/mol. The lowest BCUT2D eigenvalue weighted by atomic mass is 10.1. The van der Waals surface area contributed by atoms with Gasteiger partial charge in [0.05, 0.1) is 0 Å². The zero-order valence-electron chi connectivity index (χ0n) is 13.0. The first kappa shape index (κ1) is 13.9. The largest absolute Gasteiger partial charge is 0.356 e. The van der Waals surface area contributed by atoms with E-state index in [9.17, 15) is 0 Å². The van der Waals surface area contributed by atoms with Gasteiger partial charge in [0.15, 0.2) is 0 Å². The summed E-state index contributed by atoms with van der Waals surface area (Å²) in [6.07, 6.45) is 4.34. The second-order valence-corrected chi connectivity index (χ2v) is 5.83. The van der Waals surface area contributed by atoms with Crippen LogP contribution in [0.25, 0.3) is 0 Å². The van der Waals surface area contributed by atoms with Crippen LogP contribution in [0, 0.1) is 20.8 Å². The summed E-state index contributed by atoms with van der Waals surface area (Å²) in [7, 11) is 0. The average Bonchev–Trinajstić information content (AvgIpc) is 2.97. The third kappa shape index (κ3) is 2.99. The summed E-state index contributed by atoms with van der Waals surface area (Å²) in [5, 5.41) is 3.38. The van der Waals surface area contributed by atoms with Gasteiger partial charge in [0.2, 0.25) is 5.95 Å². The molecule has 4 nitrogen and oxygen atoms in total. The van der Waals surface area contributed by atoms with Gasteiger partial charge in [0.25, 0.3) is 0 Å². The summed E-state index contributed by atoms with van der Waals surface area (Å²) in [5.41, 5.74) is 4.84. The number of hydrogen-bond donors (Lipinski definition) is 1. The quantitative estimate of drug-likeness (QED) is 0.931. The molecule has 0 bridgehead atoms. The summed E-state index contributed by atoms with van der Waals surface area (Å²) < 4.78 is 0. The number of nitrogens with one attached hydrogen (secondary N) is 1. The second kappa shape index (κ2) is 5.72. The molecule has 1 fully saturated rings. The van der Waals surface area contributed by atoms with Crippen LogP contribution < -0.4 is 10.2 Å². The van der Waals surface area contributed by atoms with Crippen LogP contribution in [-0.2, 0) is 0 Å². The Bertz CT molecular complexity index is 622. The van der Waals surface area contributed by atoms with E-state index in [0.717, 1.165) is 24.6 Å². The van der Waals surface area contributed by atoms with Crippen molar-refractivity contribution in [3.8, 4) is 0 Å². The van der Waals surface area contributed by atoms with Crippen molar-refractivity contribution in [2.24, 2.45) is 0 Å². The van der Waals surface area contributed by atoms with E-state index in [0.29, 0.717) is 5.95 Å². The third-order valence-corrected chi connectivity index (χ3v) is 3.98. The number of aromatic nitrogens is 2. The number of benzene rings is 1. The Balaban J connectivity index is 1.86. The Hall–Kier alpha value is -2.10. The van der Waals surface area contributed by atoms with Crippen molar-refractivity contribution in [3.63, 3.8) is 0 Å². The highest BCUT2D eigenvalue weighted by atomic mass is 15.2. The standard InChI is InChI=1S/C17H22N4/c1-12-10-13(2)16(14(3)11-12)20-17-18-7-6-15(19-17)21-8-4-5-9-21/h6-7,10-11H,4-5,8-9H2,1-3H3,(H,18,19,20). The van der Waals surface area contributed by atoms with Crippen molar-refractivity contribution in [3.05, 3.63) is 41.1 Å². The summed E-state index contributed by atoms with van der Waals surface area (Å²) in [5.74, 6) is 1.70. The van der Waals surface area contributed by atoms with Crippen molar-refractivity contribution in [1.82, 2.24) is 9.97 Å². The van der Waals surface area contributed by atoms with E-state index >= 15 is 0 Å².